The van der Waals surface area contributed by atoms with Crippen LogP contribution in [0.3, 0.4) is 0 Å². The Hall–Kier alpha value is -1.17. The van der Waals surface area contributed by atoms with Crippen LogP contribution in [0.15, 0.2) is 0 Å². The minimum atomic E-state index is -3.33. The average molecular weight is 257 g/mol. The Labute approximate surface area is 103 Å². The highest BCUT2D eigenvalue weighted by Crippen LogP contribution is 2.22. The summed E-state index contributed by atoms with van der Waals surface area (Å²) in [5.41, 5.74) is 2.84. The fraction of sp³-hybridized carbons (Fsp3) is 0.636. The van der Waals surface area contributed by atoms with Crippen LogP contribution in [0.5, 0.6) is 0 Å². The van der Waals surface area contributed by atoms with Gasteiger partial charge in [0, 0.05) is 11.4 Å². The van der Waals surface area contributed by atoms with E-state index in [2.05, 4.69) is 28.5 Å². The van der Waals surface area contributed by atoms with Crippen molar-refractivity contribution in [1.29, 1.82) is 0 Å². The minimum Gasteiger partial charge on any atom is -0.251 e. The smallest absolute Gasteiger partial charge is 0.236 e. The summed E-state index contributed by atoms with van der Waals surface area (Å²) < 4.78 is 24.6. The van der Waals surface area contributed by atoms with Crippen molar-refractivity contribution in [2.24, 2.45) is 0 Å². The zero-order valence-corrected chi connectivity index (χ0v) is 11.7. The van der Waals surface area contributed by atoms with E-state index in [-0.39, 0.29) is 5.95 Å². The molecule has 5 nitrogen and oxygen atoms in total. The molecule has 6 heteroatoms. The van der Waals surface area contributed by atoms with Gasteiger partial charge in [-0.15, -0.1) is 0 Å². The molecule has 0 bridgehead atoms. The molecule has 0 atom stereocenters. The van der Waals surface area contributed by atoms with E-state index in [0.717, 1.165) is 29.6 Å². The molecule has 1 aromatic rings. The molecule has 1 rings (SSSR count). The number of sulfonamides is 1. The Morgan fingerprint density at radius 3 is 2.29 bits per heavy atom. The van der Waals surface area contributed by atoms with Crippen LogP contribution in [0.2, 0.25) is 0 Å². The van der Waals surface area contributed by atoms with E-state index in [1.807, 2.05) is 13.8 Å². The Balaban J connectivity index is 3.27. The van der Waals surface area contributed by atoms with Gasteiger partial charge in [0.05, 0.1) is 6.26 Å². The highest BCUT2D eigenvalue weighted by Gasteiger charge is 2.14. The minimum absolute atomic E-state index is 0.159. The Morgan fingerprint density at radius 2 is 1.88 bits per heavy atom. The first kappa shape index (κ1) is 13.9. The average Bonchev–Trinajstić information content (AvgIpc) is 2.12. The molecule has 0 spiro atoms. The number of nitrogens with zero attached hydrogens (tertiary/aromatic N) is 2. The van der Waals surface area contributed by atoms with Gasteiger partial charge in [-0.05, 0) is 24.8 Å². The molecule has 0 fully saturated rings. The van der Waals surface area contributed by atoms with Gasteiger partial charge in [0.25, 0.3) is 0 Å². The maximum Gasteiger partial charge on any atom is 0.236 e. The van der Waals surface area contributed by atoms with Crippen LogP contribution in [0.25, 0.3) is 0 Å². The third-order valence-corrected chi connectivity index (χ3v) is 2.96. The van der Waals surface area contributed by atoms with Crippen molar-refractivity contribution in [2.45, 2.75) is 40.0 Å². The van der Waals surface area contributed by atoms with E-state index >= 15 is 0 Å². The lowest BCUT2D eigenvalue weighted by atomic mass is 9.98. The van der Waals surface area contributed by atoms with Crippen LogP contribution in [-0.4, -0.2) is 24.6 Å². The van der Waals surface area contributed by atoms with E-state index < -0.39 is 10.0 Å². The molecule has 0 radical (unpaired) electrons. The topological polar surface area (TPSA) is 72.0 Å². The van der Waals surface area contributed by atoms with E-state index in [4.69, 9.17) is 0 Å². The predicted octanol–water partition coefficient (Wildman–Crippen LogP) is 1.84. The highest BCUT2D eigenvalue weighted by atomic mass is 32.2. The third kappa shape index (κ3) is 3.66. The molecule has 0 unspecified atom stereocenters. The van der Waals surface area contributed by atoms with Gasteiger partial charge in [0.1, 0.15) is 0 Å². The molecular weight excluding hydrogens is 238 g/mol. The van der Waals surface area contributed by atoms with E-state index in [9.17, 15) is 8.42 Å². The quantitative estimate of drug-likeness (QED) is 0.893. The van der Waals surface area contributed by atoms with Crippen molar-refractivity contribution in [3.63, 3.8) is 0 Å². The van der Waals surface area contributed by atoms with E-state index in [0.29, 0.717) is 5.92 Å². The molecule has 0 aliphatic carbocycles. The van der Waals surface area contributed by atoms with Gasteiger partial charge in [-0.1, -0.05) is 20.8 Å². The van der Waals surface area contributed by atoms with E-state index in [1.165, 1.54) is 0 Å². The second-order valence-electron chi connectivity index (χ2n) is 4.38. The maximum absolute atomic E-state index is 11.1. The lowest BCUT2D eigenvalue weighted by molar-refractivity contribution is 0.606. The fourth-order valence-electron chi connectivity index (χ4n) is 1.87. The monoisotopic (exact) mass is 257 g/mol. The number of hydrogen-bond donors (Lipinski definition) is 1. The molecule has 0 saturated carbocycles. The summed E-state index contributed by atoms with van der Waals surface area (Å²) >= 11 is 0. The van der Waals surface area contributed by atoms with Crippen molar-refractivity contribution in [2.75, 3.05) is 11.0 Å². The van der Waals surface area contributed by atoms with Gasteiger partial charge in [-0.2, -0.15) is 0 Å². The lowest BCUT2D eigenvalue weighted by Crippen LogP contribution is -2.15. The molecule has 0 amide bonds. The summed E-state index contributed by atoms with van der Waals surface area (Å²) in [5, 5.41) is 0. The van der Waals surface area contributed by atoms with Gasteiger partial charge in [0.15, 0.2) is 0 Å². The van der Waals surface area contributed by atoms with Crippen LogP contribution in [0, 0.1) is 6.92 Å². The predicted molar refractivity (Wildman–Crippen MR) is 68.7 cm³/mol. The normalized spacial score (nSPS) is 11.9. The number of anilines is 1. The molecule has 0 saturated heterocycles. The molecule has 1 aromatic heterocycles. The Morgan fingerprint density at radius 1 is 1.29 bits per heavy atom. The Bertz CT molecular complexity index is 510. The van der Waals surface area contributed by atoms with Gasteiger partial charge < -0.3 is 0 Å². The molecule has 1 N–H and O–H groups in total. The maximum atomic E-state index is 11.1. The van der Waals surface area contributed by atoms with Gasteiger partial charge in [0.2, 0.25) is 16.0 Å². The number of aromatic nitrogens is 2. The SMILES string of the molecule is CCc1nc(NS(C)(=O)=O)nc(C)c1C(C)C. The zero-order chi connectivity index (χ0) is 13.2. The fourth-order valence-corrected chi connectivity index (χ4v) is 2.30. The number of aryl methyl sites for hydroxylation is 2. The molecular formula is C11H19N3O2S. The summed E-state index contributed by atoms with van der Waals surface area (Å²) in [6.45, 7) is 8.03. The molecule has 1 heterocycles. The zero-order valence-electron chi connectivity index (χ0n) is 10.9. The summed E-state index contributed by atoms with van der Waals surface area (Å²) in [5.74, 6) is 0.489. The van der Waals surface area contributed by atoms with Crippen LogP contribution >= 0.6 is 0 Å². The van der Waals surface area contributed by atoms with Gasteiger partial charge >= 0.3 is 0 Å². The van der Waals surface area contributed by atoms with Crippen LogP contribution in [-0.2, 0) is 16.4 Å². The third-order valence-electron chi connectivity index (χ3n) is 2.40. The van der Waals surface area contributed by atoms with Crippen LogP contribution < -0.4 is 4.72 Å². The van der Waals surface area contributed by atoms with Crippen molar-refractivity contribution in [3.8, 4) is 0 Å². The lowest BCUT2D eigenvalue weighted by Gasteiger charge is -2.15. The second-order valence-corrected chi connectivity index (χ2v) is 6.12. The molecule has 0 aliphatic heterocycles. The summed E-state index contributed by atoms with van der Waals surface area (Å²) in [7, 11) is -3.33. The van der Waals surface area contributed by atoms with Gasteiger partial charge in [-0.3, -0.25) is 4.72 Å². The molecule has 0 aliphatic rings. The van der Waals surface area contributed by atoms with Crippen molar-refractivity contribution >= 4 is 16.0 Å². The summed E-state index contributed by atoms with van der Waals surface area (Å²) in [6.07, 6.45) is 1.85. The summed E-state index contributed by atoms with van der Waals surface area (Å²) in [6, 6.07) is 0. The van der Waals surface area contributed by atoms with Crippen LogP contribution in [0.1, 0.15) is 43.6 Å². The van der Waals surface area contributed by atoms with Crippen molar-refractivity contribution < 1.29 is 8.42 Å². The van der Waals surface area contributed by atoms with E-state index in [1.54, 1.807) is 0 Å². The first-order valence-corrected chi connectivity index (χ1v) is 7.49. The largest absolute Gasteiger partial charge is 0.251 e. The first-order valence-electron chi connectivity index (χ1n) is 5.59. The van der Waals surface area contributed by atoms with Crippen molar-refractivity contribution in [3.05, 3.63) is 17.0 Å². The number of rotatable bonds is 4. The summed E-state index contributed by atoms with van der Waals surface area (Å²) in [4.78, 5) is 8.44. The first-order chi connectivity index (χ1) is 7.74. The molecule has 96 valence electrons. The Kier molecular flexibility index (Phi) is 4.08. The highest BCUT2D eigenvalue weighted by molar-refractivity contribution is 7.91. The van der Waals surface area contributed by atoms with Gasteiger partial charge in [-0.25, -0.2) is 18.4 Å². The van der Waals surface area contributed by atoms with Crippen molar-refractivity contribution in [1.82, 2.24) is 9.97 Å². The standard InChI is InChI=1S/C11H19N3O2S/c1-6-9-10(7(2)3)8(4)12-11(13-9)14-17(5,15)16/h7H,6H2,1-5H3,(H,12,13,14). The molecule has 17 heavy (non-hydrogen) atoms. The number of nitrogens with one attached hydrogen (secondary N) is 1. The number of hydrogen-bond acceptors (Lipinski definition) is 4. The second kappa shape index (κ2) is 5.00. The van der Waals surface area contributed by atoms with Crippen LogP contribution in [0.4, 0.5) is 5.95 Å². The molecule has 0 aromatic carbocycles.